The van der Waals surface area contributed by atoms with Crippen LogP contribution in [0.3, 0.4) is 0 Å². The smallest absolute Gasteiger partial charge is 0.318 e. The average Bonchev–Trinajstić information content (AvgIpc) is 3.29. The molecule has 2 saturated heterocycles. The van der Waals surface area contributed by atoms with Gasteiger partial charge in [0.15, 0.2) is 0 Å². The van der Waals surface area contributed by atoms with Crippen LogP contribution in [-0.2, 0) is 17.7 Å². The van der Waals surface area contributed by atoms with Gasteiger partial charge in [-0.25, -0.2) is 19.2 Å². The first-order valence-electron chi connectivity index (χ1n) is 11.5. The van der Waals surface area contributed by atoms with Crippen LogP contribution in [0.5, 0.6) is 0 Å². The lowest BCUT2D eigenvalue weighted by Gasteiger charge is -2.31. The van der Waals surface area contributed by atoms with Crippen LogP contribution in [0.1, 0.15) is 35.6 Å². The van der Waals surface area contributed by atoms with E-state index >= 15 is 0 Å². The van der Waals surface area contributed by atoms with E-state index in [0.29, 0.717) is 38.2 Å². The lowest BCUT2D eigenvalue weighted by Crippen LogP contribution is -2.48. The van der Waals surface area contributed by atoms with Crippen molar-refractivity contribution in [3.8, 4) is 0 Å². The molecule has 2 amide bonds. The van der Waals surface area contributed by atoms with Crippen LogP contribution in [-0.4, -0.2) is 65.8 Å². The molecule has 5 rings (SSSR count). The van der Waals surface area contributed by atoms with Crippen molar-refractivity contribution < 1.29 is 13.9 Å². The molecule has 3 N–H and O–H groups in total. The van der Waals surface area contributed by atoms with E-state index in [4.69, 9.17) is 21.3 Å². The maximum absolute atomic E-state index is 13.6. The first-order valence-corrected chi connectivity index (χ1v) is 11.8. The van der Waals surface area contributed by atoms with Crippen molar-refractivity contribution in [1.29, 1.82) is 0 Å². The second-order valence-electron chi connectivity index (χ2n) is 8.86. The fourth-order valence-electron chi connectivity index (χ4n) is 4.74. The van der Waals surface area contributed by atoms with Gasteiger partial charge in [-0.2, -0.15) is 0 Å². The monoisotopic (exact) mass is 474 g/mol. The highest BCUT2D eigenvalue weighted by atomic mass is 35.5. The van der Waals surface area contributed by atoms with Gasteiger partial charge < -0.3 is 25.6 Å². The van der Waals surface area contributed by atoms with Crippen molar-refractivity contribution in [3.05, 3.63) is 52.1 Å². The molecule has 1 aromatic heterocycles. The molecule has 2 atom stereocenters. The van der Waals surface area contributed by atoms with E-state index in [9.17, 15) is 9.18 Å². The van der Waals surface area contributed by atoms with Gasteiger partial charge in [-0.1, -0.05) is 17.7 Å². The number of nitrogens with zero attached hydrogens (tertiary/aromatic N) is 3. The zero-order chi connectivity index (χ0) is 22.8. The Morgan fingerprint density at radius 3 is 2.94 bits per heavy atom. The Balaban J connectivity index is 1.23. The van der Waals surface area contributed by atoms with E-state index in [-0.39, 0.29) is 23.0 Å². The van der Waals surface area contributed by atoms with Crippen LogP contribution >= 0.6 is 11.6 Å². The molecule has 4 heterocycles. The minimum absolute atomic E-state index is 0.0294. The van der Waals surface area contributed by atoms with Crippen LogP contribution in [0.4, 0.5) is 15.1 Å². The summed E-state index contributed by atoms with van der Waals surface area (Å²) in [5, 5.41) is 9.97. The Hall–Kier alpha value is -2.49. The van der Waals surface area contributed by atoms with Crippen molar-refractivity contribution in [3.63, 3.8) is 0 Å². The molecule has 0 aliphatic carbocycles. The molecule has 8 nitrogen and oxygen atoms in total. The average molecular weight is 475 g/mol. The fraction of sp³-hybridized carbons (Fsp3) is 0.522. The Kier molecular flexibility index (Phi) is 6.62. The Bertz CT molecular complexity index is 1020. The maximum atomic E-state index is 13.6. The topological polar surface area (TPSA) is 91.4 Å². The number of urea groups is 1. The minimum Gasteiger partial charge on any atom is -0.381 e. The molecule has 3 aliphatic rings. The van der Waals surface area contributed by atoms with E-state index in [1.54, 1.807) is 17.0 Å². The van der Waals surface area contributed by atoms with Crippen LogP contribution in [0.2, 0.25) is 5.02 Å². The molecule has 1 aromatic carbocycles. The fourth-order valence-corrected chi connectivity index (χ4v) is 4.93. The number of anilines is 1. The number of hydrogen-bond donors (Lipinski definition) is 3. The van der Waals surface area contributed by atoms with Crippen molar-refractivity contribution in [2.45, 2.75) is 43.8 Å². The summed E-state index contributed by atoms with van der Waals surface area (Å²) >= 11 is 5.98. The maximum Gasteiger partial charge on any atom is 0.318 e. The molecule has 2 fully saturated rings. The molecule has 0 bridgehead atoms. The highest BCUT2D eigenvalue weighted by Gasteiger charge is 2.32. The second-order valence-corrected chi connectivity index (χ2v) is 9.27. The highest BCUT2D eigenvalue weighted by Crippen LogP contribution is 2.27. The number of carbonyl (C=O) groups excluding carboxylic acids is 1. The zero-order valence-electron chi connectivity index (χ0n) is 18.3. The summed E-state index contributed by atoms with van der Waals surface area (Å²) in [5.74, 6) is 0.199. The predicted molar refractivity (Wildman–Crippen MR) is 123 cm³/mol. The number of rotatable bonds is 4. The summed E-state index contributed by atoms with van der Waals surface area (Å²) in [6.45, 7) is 3.90. The SMILES string of the molecule is O=C(NC1CNCC1c1ccc(F)c(Cl)c1)N1CCc2cnc(NC3CCOCC3)nc2C1. The number of benzene rings is 1. The van der Waals surface area contributed by atoms with Gasteiger partial charge in [0, 0.05) is 51.0 Å². The Morgan fingerprint density at radius 1 is 1.27 bits per heavy atom. The highest BCUT2D eigenvalue weighted by molar-refractivity contribution is 6.30. The number of halogens is 2. The predicted octanol–water partition coefficient (Wildman–Crippen LogP) is 2.68. The number of fused-ring (bicyclic) bond motifs is 1. The molecule has 2 unspecified atom stereocenters. The van der Waals surface area contributed by atoms with Gasteiger partial charge in [-0.05, 0) is 42.5 Å². The number of aromatic nitrogens is 2. The van der Waals surface area contributed by atoms with Crippen molar-refractivity contribution >= 4 is 23.6 Å². The number of nitrogens with one attached hydrogen (secondary N) is 3. The van der Waals surface area contributed by atoms with Gasteiger partial charge in [0.1, 0.15) is 5.82 Å². The van der Waals surface area contributed by atoms with E-state index in [2.05, 4.69) is 20.9 Å². The number of amides is 2. The first-order chi connectivity index (χ1) is 16.1. The summed E-state index contributed by atoms with van der Waals surface area (Å²) in [4.78, 5) is 24.1. The molecule has 0 spiro atoms. The molecule has 10 heteroatoms. The van der Waals surface area contributed by atoms with Crippen molar-refractivity contribution in [2.75, 3.05) is 38.2 Å². The van der Waals surface area contributed by atoms with Crippen LogP contribution in [0.15, 0.2) is 24.4 Å². The standard InChI is InChI=1S/C23H28ClFN6O2/c24-18-9-14(1-2-19(18)25)17-11-26-12-20(17)30-23(32)31-6-3-15-10-27-22(29-21(15)13-31)28-16-4-7-33-8-5-16/h1-2,9-10,16-17,20,26H,3-8,11-13H2,(H,30,32)(H,27,28,29). The number of hydrogen-bond acceptors (Lipinski definition) is 6. The molecule has 2 aromatic rings. The molecular weight excluding hydrogens is 447 g/mol. The molecule has 176 valence electrons. The number of carbonyl (C=O) groups is 1. The van der Waals surface area contributed by atoms with Gasteiger partial charge in [0.05, 0.1) is 23.3 Å². The number of ether oxygens (including phenoxy) is 1. The largest absolute Gasteiger partial charge is 0.381 e. The van der Waals surface area contributed by atoms with Crippen LogP contribution in [0, 0.1) is 5.82 Å². The summed E-state index contributed by atoms with van der Waals surface area (Å²) in [7, 11) is 0. The third-order valence-corrected chi connectivity index (χ3v) is 6.97. The summed E-state index contributed by atoms with van der Waals surface area (Å²) in [6.07, 6.45) is 4.46. The van der Waals surface area contributed by atoms with E-state index in [0.717, 1.165) is 49.3 Å². The van der Waals surface area contributed by atoms with E-state index in [1.807, 2.05) is 6.20 Å². The van der Waals surface area contributed by atoms with Gasteiger partial charge in [0.25, 0.3) is 0 Å². The van der Waals surface area contributed by atoms with Crippen LogP contribution in [0.25, 0.3) is 0 Å². The third-order valence-electron chi connectivity index (χ3n) is 6.68. The lowest BCUT2D eigenvalue weighted by atomic mass is 9.94. The first kappa shape index (κ1) is 22.3. The summed E-state index contributed by atoms with van der Waals surface area (Å²) in [5.41, 5.74) is 2.88. The Labute approximate surface area is 197 Å². The zero-order valence-corrected chi connectivity index (χ0v) is 19.1. The van der Waals surface area contributed by atoms with Crippen molar-refractivity contribution in [2.24, 2.45) is 0 Å². The molecule has 3 aliphatic heterocycles. The van der Waals surface area contributed by atoms with Gasteiger partial charge >= 0.3 is 6.03 Å². The second kappa shape index (κ2) is 9.79. The molecular formula is C23H28ClFN6O2. The van der Waals surface area contributed by atoms with Crippen LogP contribution < -0.4 is 16.0 Å². The summed E-state index contributed by atoms with van der Waals surface area (Å²) < 4.78 is 19.0. The minimum atomic E-state index is -0.438. The molecule has 33 heavy (non-hydrogen) atoms. The van der Waals surface area contributed by atoms with Crippen molar-refractivity contribution in [1.82, 2.24) is 25.5 Å². The molecule has 0 radical (unpaired) electrons. The third kappa shape index (κ3) is 5.05. The van der Waals surface area contributed by atoms with Gasteiger partial charge in [-0.3, -0.25) is 0 Å². The summed E-state index contributed by atoms with van der Waals surface area (Å²) in [6, 6.07) is 4.85. The van der Waals surface area contributed by atoms with Gasteiger partial charge in [0.2, 0.25) is 5.95 Å². The van der Waals surface area contributed by atoms with Gasteiger partial charge in [-0.15, -0.1) is 0 Å². The molecule has 0 saturated carbocycles. The van der Waals surface area contributed by atoms with E-state index in [1.165, 1.54) is 6.07 Å². The quantitative estimate of drug-likeness (QED) is 0.631. The Morgan fingerprint density at radius 2 is 2.12 bits per heavy atom. The lowest BCUT2D eigenvalue weighted by molar-refractivity contribution is 0.0903. The van der Waals surface area contributed by atoms with E-state index < -0.39 is 5.82 Å². The normalized spacial score (nSPS) is 23.3.